The molecule has 0 aromatic carbocycles. The van der Waals surface area contributed by atoms with Crippen molar-refractivity contribution in [1.82, 2.24) is 0 Å². The van der Waals surface area contributed by atoms with E-state index in [9.17, 15) is 10.2 Å². The van der Waals surface area contributed by atoms with Crippen molar-refractivity contribution < 1.29 is 10.2 Å². The molecule has 9 atom stereocenters. The monoisotopic (exact) mass is 307 g/mol. The average Bonchev–Trinajstić information content (AvgIpc) is 2.72. The molecule has 0 spiro atoms. The van der Waals surface area contributed by atoms with Crippen LogP contribution in [-0.2, 0) is 0 Å². The second-order valence-electron chi connectivity index (χ2n) is 9.47. The Balaban J connectivity index is 1.63. The van der Waals surface area contributed by atoms with Crippen LogP contribution in [0, 0.1) is 34.5 Å². The molecule has 0 saturated heterocycles. The Morgan fingerprint density at radius 3 is 2.36 bits per heavy atom. The van der Waals surface area contributed by atoms with Gasteiger partial charge in [-0.25, -0.2) is 0 Å². The van der Waals surface area contributed by atoms with Crippen LogP contribution in [0.25, 0.3) is 0 Å². The molecule has 4 rings (SSSR count). The summed E-state index contributed by atoms with van der Waals surface area (Å²) in [5.74, 6) is 2.86. The first kappa shape index (κ1) is 15.4. The number of aliphatic hydroxyl groups excluding tert-OH is 2. The van der Waals surface area contributed by atoms with Gasteiger partial charge in [-0.15, -0.1) is 0 Å². The third-order valence-corrected chi connectivity index (χ3v) is 8.68. The molecule has 0 aliphatic heterocycles. The van der Waals surface area contributed by atoms with E-state index >= 15 is 0 Å². The summed E-state index contributed by atoms with van der Waals surface area (Å²) >= 11 is 0. The summed E-state index contributed by atoms with van der Waals surface area (Å²) in [6.45, 7) is 4.80. The van der Waals surface area contributed by atoms with Gasteiger partial charge in [0.25, 0.3) is 0 Å². The lowest BCUT2D eigenvalue weighted by Crippen LogP contribution is -2.54. The second kappa shape index (κ2) is 4.94. The average molecular weight is 307 g/mol. The van der Waals surface area contributed by atoms with Crippen molar-refractivity contribution in [3.05, 3.63) is 0 Å². The van der Waals surface area contributed by atoms with Gasteiger partial charge in [0.2, 0.25) is 0 Å². The highest BCUT2D eigenvalue weighted by atomic mass is 16.3. The highest BCUT2D eigenvalue weighted by Crippen LogP contribution is 2.65. The fourth-order valence-corrected chi connectivity index (χ4v) is 7.31. The highest BCUT2D eigenvalue weighted by molar-refractivity contribution is 5.12. The van der Waals surface area contributed by atoms with E-state index < -0.39 is 0 Å². The summed E-state index contributed by atoms with van der Waals surface area (Å²) in [6.07, 6.45) is 8.79. The van der Waals surface area contributed by atoms with Crippen LogP contribution in [0.4, 0.5) is 0 Å². The smallest absolute Gasteiger partial charge is 0.0747 e. The molecular weight excluding hydrogens is 274 g/mol. The Bertz CT molecular complexity index is 455. The van der Waals surface area contributed by atoms with Gasteiger partial charge >= 0.3 is 0 Å². The van der Waals surface area contributed by atoms with Gasteiger partial charge in [-0.1, -0.05) is 13.8 Å². The van der Waals surface area contributed by atoms with Crippen LogP contribution >= 0.6 is 0 Å². The third-order valence-electron chi connectivity index (χ3n) is 8.68. The standard InChI is InChI=1S/C19H33NO2/c1-18-7-5-12(21)9-11(18)3-4-13-14(18)6-8-19(2)15(13)10-16(20)17(19)22/h11-17,21-22H,3-10,20H2,1-2H3/t11-,12-,13+,14-,15-,16+,17-,18-,19-/m0/s1. The lowest BCUT2D eigenvalue weighted by Gasteiger charge is -2.60. The van der Waals surface area contributed by atoms with E-state index in [4.69, 9.17) is 5.73 Å². The zero-order chi connectivity index (χ0) is 15.7. The van der Waals surface area contributed by atoms with Crippen molar-refractivity contribution in [2.75, 3.05) is 0 Å². The summed E-state index contributed by atoms with van der Waals surface area (Å²) in [6, 6.07) is -0.0209. The molecule has 0 aromatic heterocycles. The Kier molecular flexibility index (Phi) is 3.46. The molecule has 4 aliphatic rings. The van der Waals surface area contributed by atoms with E-state index in [0.717, 1.165) is 37.5 Å². The van der Waals surface area contributed by atoms with Gasteiger partial charge in [-0.05, 0) is 85.9 Å². The minimum atomic E-state index is -0.308. The van der Waals surface area contributed by atoms with Crippen LogP contribution in [0.3, 0.4) is 0 Å². The van der Waals surface area contributed by atoms with E-state index in [-0.39, 0.29) is 23.7 Å². The van der Waals surface area contributed by atoms with Crippen LogP contribution in [0.2, 0.25) is 0 Å². The lowest BCUT2D eigenvalue weighted by atomic mass is 9.45. The quantitative estimate of drug-likeness (QED) is 0.644. The minimum absolute atomic E-state index is 0.0209. The molecule has 0 radical (unpaired) electrons. The maximum absolute atomic E-state index is 10.6. The first-order valence-corrected chi connectivity index (χ1v) is 9.48. The molecule has 0 heterocycles. The van der Waals surface area contributed by atoms with Crippen LogP contribution < -0.4 is 5.73 Å². The van der Waals surface area contributed by atoms with Gasteiger partial charge in [-0.3, -0.25) is 0 Å². The first-order valence-electron chi connectivity index (χ1n) is 9.48. The summed E-state index contributed by atoms with van der Waals surface area (Å²) in [5.41, 5.74) is 6.72. The van der Waals surface area contributed by atoms with Gasteiger partial charge in [0.1, 0.15) is 0 Å². The first-order chi connectivity index (χ1) is 10.4. The third kappa shape index (κ3) is 1.91. The number of nitrogens with two attached hydrogens (primary N) is 1. The summed E-state index contributed by atoms with van der Waals surface area (Å²) < 4.78 is 0. The molecule has 0 aromatic rings. The fourth-order valence-electron chi connectivity index (χ4n) is 7.31. The Morgan fingerprint density at radius 2 is 1.59 bits per heavy atom. The van der Waals surface area contributed by atoms with Crippen molar-refractivity contribution in [3.8, 4) is 0 Å². The normalized spacial score (nSPS) is 61.2. The van der Waals surface area contributed by atoms with E-state index in [2.05, 4.69) is 13.8 Å². The van der Waals surface area contributed by atoms with Crippen molar-refractivity contribution >= 4 is 0 Å². The van der Waals surface area contributed by atoms with Crippen molar-refractivity contribution in [3.63, 3.8) is 0 Å². The van der Waals surface area contributed by atoms with E-state index in [0.29, 0.717) is 17.3 Å². The number of aliphatic hydroxyl groups is 2. The molecule has 22 heavy (non-hydrogen) atoms. The molecule has 0 bridgehead atoms. The van der Waals surface area contributed by atoms with Crippen LogP contribution in [-0.4, -0.2) is 28.5 Å². The van der Waals surface area contributed by atoms with Gasteiger partial charge in [0.05, 0.1) is 12.2 Å². The molecule has 0 amide bonds. The molecule has 4 fully saturated rings. The fraction of sp³-hybridized carbons (Fsp3) is 1.00. The topological polar surface area (TPSA) is 66.5 Å². The Morgan fingerprint density at radius 1 is 0.864 bits per heavy atom. The highest BCUT2D eigenvalue weighted by Gasteiger charge is 2.61. The zero-order valence-electron chi connectivity index (χ0n) is 14.2. The van der Waals surface area contributed by atoms with Gasteiger partial charge in [0.15, 0.2) is 0 Å². The van der Waals surface area contributed by atoms with Crippen LogP contribution in [0.5, 0.6) is 0 Å². The number of hydrogen-bond acceptors (Lipinski definition) is 3. The minimum Gasteiger partial charge on any atom is -0.393 e. The lowest BCUT2D eigenvalue weighted by molar-refractivity contribution is -0.134. The number of hydrogen-bond donors (Lipinski definition) is 3. The predicted molar refractivity (Wildman–Crippen MR) is 87.1 cm³/mol. The zero-order valence-corrected chi connectivity index (χ0v) is 14.2. The predicted octanol–water partition coefficient (Wildman–Crippen LogP) is 2.69. The Labute approximate surface area is 134 Å². The number of fused-ring (bicyclic) bond motifs is 5. The van der Waals surface area contributed by atoms with Crippen molar-refractivity contribution in [2.45, 2.75) is 83.5 Å². The van der Waals surface area contributed by atoms with E-state index in [1.807, 2.05) is 0 Å². The summed E-state index contributed by atoms with van der Waals surface area (Å²) in [5, 5.41) is 20.7. The van der Waals surface area contributed by atoms with Gasteiger partial charge in [0, 0.05) is 6.04 Å². The van der Waals surface area contributed by atoms with Crippen LogP contribution in [0.1, 0.15) is 65.2 Å². The second-order valence-corrected chi connectivity index (χ2v) is 9.47. The maximum atomic E-state index is 10.6. The van der Waals surface area contributed by atoms with E-state index in [1.54, 1.807) is 0 Å². The summed E-state index contributed by atoms with van der Waals surface area (Å²) in [4.78, 5) is 0. The molecule has 126 valence electrons. The largest absolute Gasteiger partial charge is 0.393 e. The summed E-state index contributed by atoms with van der Waals surface area (Å²) in [7, 11) is 0. The molecule has 4 saturated carbocycles. The molecule has 3 nitrogen and oxygen atoms in total. The number of rotatable bonds is 0. The molecule has 4 aliphatic carbocycles. The molecule has 0 unspecified atom stereocenters. The Hall–Kier alpha value is -0.120. The van der Waals surface area contributed by atoms with Crippen molar-refractivity contribution in [1.29, 1.82) is 0 Å². The molecular formula is C19H33NO2. The molecule has 3 heteroatoms. The molecule has 4 N–H and O–H groups in total. The SMILES string of the molecule is C[C@]12CC[C@H](O)C[C@@H]1CC[C@@H]1[C@@H]2CC[C@]2(C)[C@@H](O)[C@H](N)C[C@@H]12. The van der Waals surface area contributed by atoms with E-state index in [1.165, 1.54) is 25.7 Å². The van der Waals surface area contributed by atoms with Gasteiger partial charge < -0.3 is 15.9 Å². The van der Waals surface area contributed by atoms with Crippen molar-refractivity contribution in [2.24, 2.45) is 40.2 Å². The van der Waals surface area contributed by atoms with Crippen LogP contribution in [0.15, 0.2) is 0 Å². The maximum Gasteiger partial charge on any atom is 0.0747 e. The van der Waals surface area contributed by atoms with Gasteiger partial charge in [-0.2, -0.15) is 0 Å².